The molecule has 23 heavy (non-hydrogen) atoms. The molecule has 0 amide bonds. The molecule has 0 aliphatic carbocycles. The molecular formula is C10H11F5N4O3S. The lowest BCUT2D eigenvalue weighted by Crippen LogP contribution is -2.35. The minimum atomic E-state index is -5.56. The van der Waals surface area contributed by atoms with Crippen LogP contribution in [0.2, 0.25) is 0 Å². The van der Waals surface area contributed by atoms with Gasteiger partial charge in [-0.1, -0.05) is 5.16 Å². The van der Waals surface area contributed by atoms with E-state index in [1.807, 2.05) is 0 Å². The van der Waals surface area contributed by atoms with E-state index in [4.69, 9.17) is 0 Å². The van der Waals surface area contributed by atoms with Crippen LogP contribution < -0.4 is 0 Å². The number of alkyl halides is 5. The van der Waals surface area contributed by atoms with E-state index in [9.17, 15) is 30.4 Å². The summed E-state index contributed by atoms with van der Waals surface area (Å²) in [4.78, 5) is 4.91. The van der Waals surface area contributed by atoms with Crippen LogP contribution >= 0.6 is 0 Å². The van der Waals surface area contributed by atoms with Crippen molar-refractivity contribution in [1.82, 2.24) is 15.0 Å². The van der Waals surface area contributed by atoms with E-state index in [-0.39, 0.29) is 4.80 Å². The fourth-order valence-corrected chi connectivity index (χ4v) is 3.18. The highest BCUT2D eigenvalue weighted by molar-refractivity contribution is 8.06. The lowest BCUT2D eigenvalue weighted by Gasteiger charge is -2.17. The topological polar surface area (TPSA) is 86.4 Å². The third-order valence-electron chi connectivity index (χ3n) is 2.88. The van der Waals surface area contributed by atoms with Crippen LogP contribution in [0.5, 0.6) is 0 Å². The van der Waals surface area contributed by atoms with Crippen LogP contribution in [0.4, 0.5) is 22.0 Å². The second kappa shape index (κ2) is 4.85. The first-order chi connectivity index (χ1) is 10.2. The van der Waals surface area contributed by atoms with Crippen LogP contribution in [0, 0.1) is 0 Å². The maximum atomic E-state index is 14.3. The summed E-state index contributed by atoms with van der Waals surface area (Å²) in [5.41, 5.74) is -5.24. The van der Waals surface area contributed by atoms with Crippen molar-refractivity contribution < 1.29 is 35.2 Å². The first kappa shape index (κ1) is 17.6. The van der Waals surface area contributed by atoms with Crippen molar-refractivity contribution in [3.05, 3.63) is 11.4 Å². The summed E-state index contributed by atoms with van der Waals surface area (Å²) in [5.74, 6) is 0. The van der Waals surface area contributed by atoms with E-state index in [2.05, 4.69) is 20.2 Å². The van der Waals surface area contributed by atoms with Crippen LogP contribution in [-0.2, 0) is 33.2 Å². The Morgan fingerprint density at radius 3 is 2.09 bits per heavy atom. The molecule has 0 saturated carbocycles. The van der Waals surface area contributed by atoms with Gasteiger partial charge in [0.1, 0.15) is 5.60 Å². The van der Waals surface area contributed by atoms with Crippen LogP contribution in [-0.4, -0.2) is 34.1 Å². The number of rotatable bonds is 2. The molecule has 0 unspecified atom stereocenters. The fraction of sp³-hybridized carbons (Fsp3) is 0.700. The summed E-state index contributed by atoms with van der Waals surface area (Å²) in [6.07, 6.45) is -5.80. The Labute approximate surface area is 127 Å². The number of aryl methyl sites for hydroxylation is 1. The Balaban J connectivity index is 2.55. The first-order valence-electron chi connectivity index (χ1n) is 6.05. The van der Waals surface area contributed by atoms with Crippen LogP contribution in [0.1, 0.15) is 31.7 Å². The molecule has 0 radical (unpaired) electrons. The Morgan fingerprint density at radius 2 is 1.65 bits per heavy atom. The minimum absolute atomic E-state index is 0.221. The van der Waals surface area contributed by atoms with Gasteiger partial charge in [-0.25, -0.2) is 8.42 Å². The Kier molecular flexibility index (Phi) is 3.70. The summed E-state index contributed by atoms with van der Waals surface area (Å²) in [5, 5.41) is 2.72. The maximum absolute atomic E-state index is 14.3. The van der Waals surface area contributed by atoms with Gasteiger partial charge in [-0.15, -0.1) is 5.10 Å². The molecule has 7 nitrogen and oxygen atoms in total. The molecule has 1 aromatic heterocycles. The van der Waals surface area contributed by atoms with Crippen molar-refractivity contribution in [3.8, 4) is 0 Å². The molecule has 0 saturated heterocycles. The Morgan fingerprint density at radius 1 is 1.13 bits per heavy atom. The largest absolute Gasteiger partial charge is 0.437 e. The molecule has 2 heterocycles. The zero-order chi connectivity index (χ0) is 17.8. The minimum Gasteiger partial charge on any atom is -0.389 e. The van der Waals surface area contributed by atoms with Crippen molar-refractivity contribution in [1.29, 1.82) is 0 Å². The molecule has 0 bridgehead atoms. The summed E-state index contributed by atoms with van der Waals surface area (Å²) < 4.78 is 91.0. The average molecular weight is 362 g/mol. The molecule has 13 heteroatoms. The Bertz CT molecular complexity index is 766. The van der Waals surface area contributed by atoms with Gasteiger partial charge >= 0.3 is 11.4 Å². The summed E-state index contributed by atoms with van der Waals surface area (Å²) >= 11 is 0. The molecule has 0 spiro atoms. The van der Waals surface area contributed by atoms with Crippen LogP contribution in [0.25, 0.3) is 0 Å². The Hall–Kier alpha value is -1.79. The second-order valence-electron chi connectivity index (χ2n) is 5.42. The molecule has 1 aromatic rings. The van der Waals surface area contributed by atoms with Gasteiger partial charge in [0.25, 0.3) is 9.84 Å². The van der Waals surface area contributed by atoms with Crippen molar-refractivity contribution in [2.45, 2.75) is 37.3 Å². The SMILES string of the molecule is Cn1nc(C(F)(F)F)c(C(F)(F)S(=O)(=O)C2=NOC(C)(C)C2)n1. The third-order valence-corrected chi connectivity index (χ3v) is 4.58. The van der Waals surface area contributed by atoms with Gasteiger partial charge in [0, 0.05) is 13.5 Å². The highest BCUT2D eigenvalue weighted by Gasteiger charge is 2.59. The van der Waals surface area contributed by atoms with Gasteiger partial charge in [-0.3, -0.25) is 0 Å². The summed E-state index contributed by atoms with van der Waals surface area (Å²) in [6.45, 7) is 2.78. The van der Waals surface area contributed by atoms with Crippen molar-refractivity contribution in [2.24, 2.45) is 12.2 Å². The standard InChI is InChI=1S/C10H11F5N4O3S/c1-8(2)4-5(18-22-8)23(20,21)10(14,15)7-6(9(11,12)13)16-19(3)17-7/h4H2,1-3H3. The van der Waals surface area contributed by atoms with E-state index >= 15 is 0 Å². The first-order valence-corrected chi connectivity index (χ1v) is 7.53. The van der Waals surface area contributed by atoms with Gasteiger partial charge in [0.2, 0.25) is 0 Å². The third kappa shape index (κ3) is 2.88. The monoisotopic (exact) mass is 362 g/mol. The van der Waals surface area contributed by atoms with E-state index in [1.54, 1.807) is 0 Å². The number of aromatic nitrogens is 3. The van der Waals surface area contributed by atoms with Crippen LogP contribution in [0.3, 0.4) is 0 Å². The van der Waals surface area contributed by atoms with Crippen molar-refractivity contribution in [3.63, 3.8) is 0 Å². The van der Waals surface area contributed by atoms with Crippen molar-refractivity contribution >= 4 is 14.9 Å². The molecule has 1 aliphatic heterocycles. The van der Waals surface area contributed by atoms with E-state index in [1.165, 1.54) is 13.8 Å². The maximum Gasteiger partial charge on any atom is 0.437 e. The number of hydrogen-bond donors (Lipinski definition) is 0. The van der Waals surface area contributed by atoms with Gasteiger partial charge in [-0.05, 0) is 13.8 Å². The predicted molar refractivity (Wildman–Crippen MR) is 66.0 cm³/mol. The number of sulfone groups is 1. The van der Waals surface area contributed by atoms with E-state index in [0.717, 1.165) is 7.05 Å². The molecule has 130 valence electrons. The zero-order valence-corrected chi connectivity index (χ0v) is 12.8. The van der Waals surface area contributed by atoms with Crippen LogP contribution in [0.15, 0.2) is 5.16 Å². The summed E-state index contributed by atoms with van der Waals surface area (Å²) in [7, 11) is -4.69. The molecule has 2 rings (SSSR count). The van der Waals surface area contributed by atoms with Gasteiger partial charge < -0.3 is 4.84 Å². The quantitative estimate of drug-likeness (QED) is 0.749. The number of nitrogens with zero attached hydrogens (tertiary/aromatic N) is 4. The lowest BCUT2D eigenvalue weighted by molar-refractivity contribution is -0.144. The van der Waals surface area contributed by atoms with Gasteiger partial charge in [0.15, 0.2) is 16.4 Å². The predicted octanol–water partition coefficient (Wildman–Crippen LogP) is 1.81. The summed E-state index contributed by atoms with van der Waals surface area (Å²) in [6, 6.07) is 0. The fourth-order valence-electron chi connectivity index (χ4n) is 1.82. The van der Waals surface area contributed by atoms with Gasteiger partial charge in [0.05, 0.1) is 0 Å². The average Bonchev–Trinajstić information content (AvgIpc) is 2.92. The smallest absolute Gasteiger partial charge is 0.389 e. The number of oxime groups is 1. The number of halogens is 5. The molecular weight excluding hydrogens is 351 g/mol. The molecule has 0 atom stereocenters. The lowest BCUT2D eigenvalue weighted by atomic mass is 10.1. The zero-order valence-electron chi connectivity index (χ0n) is 12.0. The second-order valence-corrected chi connectivity index (χ2v) is 7.41. The highest BCUT2D eigenvalue weighted by Crippen LogP contribution is 2.42. The normalized spacial score (nSPS) is 18.7. The van der Waals surface area contributed by atoms with Crippen molar-refractivity contribution in [2.75, 3.05) is 0 Å². The molecule has 0 N–H and O–H groups in total. The molecule has 0 fully saturated rings. The number of hydrogen-bond acceptors (Lipinski definition) is 6. The van der Waals surface area contributed by atoms with Gasteiger partial charge in [-0.2, -0.15) is 31.8 Å². The highest BCUT2D eigenvalue weighted by atomic mass is 32.2. The molecule has 1 aliphatic rings. The van der Waals surface area contributed by atoms with E-state index in [0.29, 0.717) is 0 Å². The van der Waals surface area contributed by atoms with E-state index < -0.39 is 49.7 Å². The molecule has 0 aromatic carbocycles.